The normalized spacial score (nSPS) is 24.6. The molecule has 14 nitrogen and oxygen atoms in total. The highest BCUT2D eigenvalue weighted by molar-refractivity contribution is 6.00. The highest BCUT2D eigenvalue weighted by Crippen LogP contribution is 2.37. The van der Waals surface area contributed by atoms with Crippen molar-refractivity contribution in [3.8, 4) is 11.1 Å². The van der Waals surface area contributed by atoms with Crippen molar-refractivity contribution in [3.63, 3.8) is 0 Å². The van der Waals surface area contributed by atoms with E-state index < -0.39 is 11.9 Å². The second kappa shape index (κ2) is 17.8. The molecule has 2 aromatic carbocycles. The van der Waals surface area contributed by atoms with Crippen LogP contribution < -0.4 is 16.3 Å². The largest absolute Gasteiger partial charge is 0.393 e. The highest BCUT2D eigenvalue weighted by atomic mass is 16.5. The average molecular weight is 832 g/mol. The van der Waals surface area contributed by atoms with Gasteiger partial charge >= 0.3 is 5.69 Å². The Morgan fingerprint density at radius 1 is 0.934 bits per heavy atom. The third-order valence-corrected chi connectivity index (χ3v) is 13.8. The van der Waals surface area contributed by atoms with Gasteiger partial charge in [-0.3, -0.25) is 33.8 Å². The van der Waals surface area contributed by atoms with Gasteiger partial charge in [0.15, 0.2) is 0 Å². The predicted octanol–water partition coefficient (Wildman–Crippen LogP) is 5.71. The van der Waals surface area contributed by atoms with Crippen LogP contribution in [0.5, 0.6) is 0 Å². The number of carbonyl (C=O) groups is 2. The molecule has 2 aliphatic carbocycles. The summed E-state index contributed by atoms with van der Waals surface area (Å²) < 4.78 is 11.8. The summed E-state index contributed by atoms with van der Waals surface area (Å²) in [6, 6.07) is 15.5. The monoisotopic (exact) mass is 831 g/mol. The summed E-state index contributed by atoms with van der Waals surface area (Å²) >= 11 is 0. The number of imidazole rings is 1. The predicted molar refractivity (Wildman–Crippen MR) is 236 cm³/mol. The van der Waals surface area contributed by atoms with Crippen LogP contribution in [0.15, 0.2) is 59.7 Å². The van der Waals surface area contributed by atoms with E-state index in [0.717, 1.165) is 118 Å². The molecule has 14 heteroatoms. The maximum absolute atomic E-state index is 13.1. The standard InChI is InChI=1S/C47H61N9O5/c1-4-5-30(2)49-46-48-27-38-39(29-55(44(38)51-46)34-11-13-36(57)14-12-34)33-9-6-32(7-10-33)28-53-19-21-54(22-20-53)35-25-37(26-35)61-23-18-31-8-15-40-42(24-31)52(3)47(60)56(40)41-16-17-43(58)50-45(41)59/h6-10,15,24,27,29-30,34-37,41,57H,4-5,11-14,16-23,25-26,28H2,1-3H3,(H,48,49,51)(H,50,58,59)/t30-,34-,35?,36-,37?,41?/m0/s1. The molecular weight excluding hydrogens is 771 g/mol. The Labute approximate surface area is 357 Å². The van der Waals surface area contributed by atoms with Crippen LogP contribution in [0.2, 0.25) is 0 Å². The number of benzene rings is 2. The van der Waals surface area contributed by atoms with E-state index in [0.29, 0.717) is 42.6 Å². The average Bonchev–Trinajstić information content (AvgIpc) is 3.73. The molecule has 9 rings (SSSR count). The van der Waals surface area contributed by atoms with Crippen LogP contribution in [0.4, 0.5) is 5.95 Å². The van der Waals surface area contributed by atoms with Gasteiger partial charge in [0, 0.05) is 87.7 Å². The number of hydrogen-bond donors (Lipinski definition) is 3. The van der Waals surface area contributed by atoms with Crippen molar-refractivity contribution in [2.75, 3.05) is 38.1 Å². The topological polar surface area (TPSA) is 152 Å². The zero-order chi connectivity index (χ0) is 42.2. The van der Waals surface area contributed by atoms with E-state index in [1.54, 1.807) is 11.6 Å². The van der Waals surface area contributed by atoms with Crippen molar-refractivity contribution >= 4 is 39.8 Å². The molecule has 2 saturated carbocycles. The number of nitrogens with zero attached hydrogens (tertiary/aromatic N) is 7. The number of nitrogens with one attached hydrogen (secondary N) is 2. The number of aryl methyl sites for hydroxylation is 1. The van der Waals surface area contributed by atoms with Crippen molar-refractivity contribution < 1.29 is 19.4 Å². The molecule has 5 heterocycles. The summed E-state index contributed by atoms with van der Waals surface area (Å²) in [6.07, 6.45) is 13.4. The lowest BCUT2D eigenvalue weighted by atomic mass is 9.87. The number of imide groups is 1. The molecule has 4 fully saturated rings. The second-order valence-corrected chi connectivity index (χ2v) is 18.1. The number of amides is 2. The lowest BCUT2D eigenvalue weighted by Gasteiger charge is -2.46. The van der Waals surface area contributed by atoms with Crippen LogP contribution in [0.25, 0.3) is 33.2 Å². The molecular formula is C47H61N9O5. The first-order valence-electron chi connectivity index (χ1n) is 22.6. The number of piperidine rings is 1. The number of aromatic nitrogens is 5. The lowest BCUT2D eigenvalue weighted by Crippen LogP contribution is -2.55. The second-order valence-electron chi connectivity index (χ2n) is 18.1. The van der Waals surface area contributed by atoms with Crippen molar-refractivity contribution in [2.24, 2.45) is 7.05 Å². The maximum atomic E-state index is 13.1. The summed E-state index contributed by atoms with van der Waals surface area (Å²) in [5.74, 6) is -0.0359. The fraction of sp³-hybridized carbons (Fsp3) is 0.553. The maximum Gasteiger partial charge on any atom is 0.329 e. The Bertz CT molecular complexity index is 2420. The summed E-state index contributed by atoms with van der Waals surface area (Å²) in [6.45, 7) is 10.2. The van der Waals surface area contributed by atoms with Gasteiger partial charge in [-0.25, -0.2) is 9.78 Å². The van der Waals surface area contributed by atoms with Gasteiger partial charge in [0.1, 0.15) is 11.7 Å². The molecule has 0 bridgehead atoms. The molecule has 324 valence electrons. The number of rotatable bonds is 14. The first kappa shape index (κ1) is 41.5. The van der Waals surface area contributed by atoms with Gasteiger partial charge < -0.3 is 19.7 Å². The van der Waals surface area contributed by atoms with E-state index in [1.165, 1.54) is 15.7 Å². The number of aliphatic hydroxyl groups excluding tert-OH is 1. The van der Waals surface area contributed by atoms with E-state index in [1.807, 2.05) is 24.4 Å². The fourth-order valence-corrected chi connectivity index (χ4v) is 10.1. The third-order valence-electron chi connectivity index (χ3n) is 13.8. The molecule has 3 N–H and O–H groups in total. The Balaban J connectivity index is 0.749. The number of hydrogen-bond acceptors (Lipinski definition) is 10. The van der Waals surface area contributed by atoms with Crippen LogP contribution >= 0.6 is 0 Å². The molecule has 61 heavy (non-hydrogen) atoms. The summed E-state index contributed by atoms with van der Waals surface area (Å²) in [5, 5.41) is 17.2. The van der Waals surface area contributed by atoms with E-state index >= 15 is 0 Å². The number of ether oxygens (including phenoxy) is 1. The van der Waals surface area contributed by atoms with Gasteiger partial charge in [0.2, 0.25) is 17.8 Å². The van der Waals surface area contributed by atoms with E-state index in [2.05, 4.69) is 69.3 Å². The van der Waals surface area contributed by atoms with Crippen molar-refractivity contribution in [3.05, 3.63) is 76.5 Å². The van der Waals surface area contributed by atoms with Crippen LogP contribution in [-0.4, -0.2) is 107 Å². The molecule has 1 unspecified atom stereocenters. The highest BCUT2D eigenvalue weighted by Gasteiger charge is 2.36. The van der Waals surface area contributed by atoms with Crippen molar-refractivity contribution in [1.82, 2.24) is 38.8 Å². The molecule has 4 aliphatic rings. The van der Waals surface area contributed by atoms with E-state index in [9.17, 15) is 19.5 Å². The summed E-state index contributed by atoms with van der Waals surface area (Å²) in [7, 11) is 1.73. The molecule has 2 aliphatic heterocycles. The van der Waals surface area contributed by atoms with Gasteiger partial charge in [0.25, 0.3) is 0 Å². The van der Waals surface area contributed by atoms with Gasteiger partial charge in [-0.2, -0.15) is 4.98 Å². The van der Waals surface area contributed by atoms with Crippen LogP contribution in [0, 0.1) is 0 Å². The van der Waals surface area contributed by atoms with Crippen molar-refractivity contribution in [2.45, 2.75) is 127 Å². The number of carbonyl (C=O) groups excluding carboxylic acids is 2. The Hall–Kier alpha value is -4.89. The number of aliphatic hydroxyl groups is 1. The van der Waals surface area contributed by atoms with E-state index in [-0.39, 0.29) is 30.2 Å². The van der Waals surface area contributed by atoms with Gasteiger partial charge in [-0.15, -0.1) is 0 Å². The molecule has 2 amide bonds. The lowest BCUT2D eigenvalue weighted by molar-refractivity contribution is -0.135. The SMILES string of the molecule is CCC[C@H](C)Nc1ncc2c(-c3ccc(CN4CCN(C5CC(OCCc6ccc7c(c6)n(C)c(=O)n7C6CCC(=O)NC6=O)C5)CC4)cc3)cn([C@H]3CC[C@H](O)CC3)c2n1. The fourth-order valence-electron chi connectivity index (χ4n) is 10.1. The first-order chi connectivity index (χ1) is 29.6. The summed E-state index contributed by atoms with van der Waals surface area (Å²) in [4.78, 5) is 52.3. The zero-order valence-corrected chi connectivity index (χ0v) is 35.9. The molecule has 0 radical (unpaired) electrons. The first-order valence-corrected chi connectivity index (χ1v) is 22.6. The zero-order valence-electron chi connectivity index (χ0n) is 35.9. The molecule has 3 aromatic heterocycles. The third kappa shape index (κ3) is 8.77. The Morgan fingerprint density at radius 2 is 1.69 bits per heavy atom. The van der Waals surface area contributed by atoms with Crippen LogP contribution in [0.1, 0.15) is 101 Å². The quantitative estimate of drug-likeness (QED) is 0.119. The van der Waals surface area contributed by atoms with Gasteiger partial charge in [-0.1, -0.05) is 43.7 Å². The van der Waals surface area contributed by atoms with Crippen LogP contribution in [0.3, 0.4) is 0 Å². The van der Waals surface area contributed by atoms with Crippen molar-refractivity contribution in [1.29, 1.82) is 0 Å². The van der Waals surface area contributed by atoms with Crippen LogP contribution in [-0.2, 0) is 34.3 Å². The van der Waals surface area contributed by atoms with Gasteiger partial charge in [0.05, 0.1) is 29.8 Å². The minimum absolute atomic E-state index is 0.204. The number of anilines is 1. The van der Waals surface area contributed by atoms with E-state index in [4.69, 9.17) is 14.7 Å². The van der Waals surface area contributed by atoms with Gasteiger partial charge in [-0.05, 0) is 93.5 Å². The smallest absolute Gasteiger partial charge is 0.329 e. The number of piperazine rings is 1. The Morgan fingerprint density at radius 3 is 2.43 bits per heavy atom. The molecule has 5 aromatic rings. The minimum Gasteiger partial charge on any atom is -0.393 e. The number of fused-ring (bicyclic) bond motifs is 2. The Kier molecular flexibility index (Phi) is 12.1. The molecule has 2 atom stereocenters. The molecule has 2 saturated heterocycles. The minimum atomic E-state index is -0.681. The molecule has 0 spiro atoms. The summed E-state index contributed by atoms with van der Waals surface area (Å²) in [5.41, 5.74) is 6.94.